The van der Waals surface area contributed by atoms with Crippen LogP contribution in [0.15, 0.2) is 10.5 Å². The van der Waals surface area contributed by atoms with E-state index in [9.17, 15) is 15.0 Å². The van der Waals surface area contributed by atoms with Crippen LogP contribution in [-0.2, 0) is 10.2 Å². The van der Waals surface area contributed by atoms with E-state index in [1.54, 1.807) is 0 Å². The van der Waals surface area contributed by atoms with Gasteiger partial charge in [-0.05, 0) is 59.8 Å². The van der Waals surface area contributed by atoms with E-state index >= 15 is 0 Å². The normalized spacial score (nSPS) is 18.3. The Morgan fingerprint density at radius 1 is 1.26 bits per heavy atom. The number of rotatable bonds is 2. The van der Waals surface area contributed by atoms with Gasteiger partial charge in [-0.15, -0.1) is 0 Å². The molecule has 1 aromatic carbocycles. The molecule has 1 aliphatic carbocycles. The smallest absolute Gasteiger partial charge is 0.314 e. The van der Waals surface area contributed by atoms with Crippen molar-refractivity contribution in [3.05, 3.63) is 27.2 Å². The molecular weight excluding hydrogens is 308 g/mol. The molecule has 0 aliphatic heterocycles. The van der Waals surface area contributed by atoms with Gasteiger partial charge in [-0.3, -0.25) is 4.79 Å². The lowest BCUT2D eigenvalue weighted by Gasteiger charge is -2.35. The number of carboxylic acid groups (broad SMARTS) is 1. The maximum absolute atomic E-state index is 11.9. The number of phenolic OH excluding ortho intramolecular Hbond substituents is 1. The molecule has 0 atom stereocenters. The van der Waals surface area contributed by atoms with Crippen molar-refractivity contribution in [3.63, 3.8) is 0 Å². The van der Waals surface area contributed by atoms with Gasteiger partial charge in [0.05, 0.1) is 9.89 Å². The zero-order valence-corrected chi connectivity index (χ0v) is 12.9. The number of benzene rings is 1. The average Bonchev–Trinajstić information content (AvgIpc) is 2.37. The van der Waals surface area contributed by atoms with E-state index < -0.39 is 11.4 Å². The zero-order chi connectivity index (χ0) is 14.2. The lowest BCUT2D eigenvalue weighted by Crippen LogP contribution is -2.38. The Kier molecular flexibility index (Phi) is 3.90. The van der Waals surface area contributed by atoms with Gasteiger partial charge in [-0.1, -0.05) is 19.3 Å². The first-order valence-corrected chi connectivity index (χ1v) is 7.42. The quantitative estimate of drug-likeness (QED) is 0.861. The molecule has 0 saturated heterocycles. The fourth-order valence-corrected chi connectivity index (χ4v) is 3.71. The second-order valence-corrected chi connectivity index (χ2v) is 6.33. The molecule has 1 aliphatic rings. The fraction of sp³-hybridized carbons (Fsp3) is 0.533. The second kappa shape index (κ2) is 5.16. The van der Waals surface area contributed by atoms with E-state index in [1.807, 2.05) is 19.9 Å². The van der Waals surface area contributed by atoms with Crippen molar-refractivity contribution in [2.45, 2.75) is 51.4 Å². The number of carboxylic acids is 1. The van der Waals surface area contributed by atoms with Gasteiger partial charge in [-0.2, -0.15) is 0 Å². The summed E-state index contributed by atoms with van der Waals surface area (Å²) in [5, 5.41) is 20.1. The molecule has 4 heteroatoms. The number of aliphatic carboxylic acids is 1. The lowest BCUT2D eigenvalue weighted by atomic mass is 9.67. The summed E-state index contributed by atoms with van der Waals surface area (Å²) in [5.41, 5.74) is 1.57. The van der Waals surface area contributed by atoms with Gasteiger partial charge in [0.25, 0.3) is 0 Å². The summed E-state index contributed by atoms with van der Waals surface area (Å²) in [4.78, 5) is 11.9. The van der Waals surface area contributed by atoms with Crippen LogP contribution >= 0.6 is 15.9 Å². The summed E-state index contributed by atoms with van der Waals surface area (Å²) in [6.45, 7) is 3.84. The molecule has 1 aromatic rings. The first-order chi connectivity index (χ1) is 8.90. The van der Waals surface area contributed by atoms with E-state index in [0.29, 0.717) is 22.9 Å². The molecule has 104 valence electrons. The standard InChI is InChI=1S/C15H19BrO3/c1-9-8-11(16)13(17)12(10(9)2)15(14(18)19)6-4-3-5-7-15/h8,17H,3-7H2,1-2H3,(H,18,19). The van der Waals surface area contributed by atoms with E-state index in [2.05, 4.69) is 15.9 Å². The minimum absolute atomic E-state index is 0.0902. The first kappa shape index (κ1) is 14.4. The summed E-state index contributed by atoms with van der Waals surface area (Å²) in [7, 11) is 0. The monoisotopic (exact) mass is 326 g/mol. The summed E-state index contributed by atoms with van der Waals surface area (Å²) >= 11 is 3.33. The summed E-state index contributed by atoms with van der Waals surface area (Å²) in [6, 6.07) is 1.84. The Hall–Kier alpha value is -1.03. The number of hydrogen-bond acceptors (Lipinski definition) is 2. The van der Waals surface area contributed by atoms with E-state index in [-0.39, 0.29) is 5.75 Å². The molecule has 1 fully saturated rings. The van der Waals surface area contributed by atoms with Gasteiger partial charge in [-0.25, -0.2) is 0 Å². The molecule has 0 aromatic heterocycles. The Morgan fingerprint density at radius 3 is 2.37 bits per heavy atom. The predicted molar refractivity (Wildman–Crippen MR) is 77.7 cm³/mol. The van der Waals surface area contributed by atoms with Gasteiger partial charge >= 0.3 is 5.97 Å². The van der Waals surface area contributed by atoms with Crippen LogP contribution in [0.1, 0.15) is 48.8 Å². The highest BCUT2D eigenvalue weighted by atomic mass is 79.9. The Bertz CT molecular complexity index is 490. The highest BCUT2D eigenvalue weighted by Gasteiger charge is 2.44. The van der Waals surface area contributed by atoms with Crippen molar-refractivity contribution in [2.24, 2.45) is 0 Å². The third-order valence-electron chi connectivity index (χ3n) is 4.37. The van der Waals surface area contributed by atoms with Gasteiger partial charge in [0, 0.05) is 5.56 Å². The van der Waals surface area contributed by atoms with Crippen molar-refractivity contribution in [2.75, 3.05) is 0 Å². The molecule has 2 N–H and O–H groups in total. The molecule has 1 saturated carbocycles. The van der Waals surface area contributed by atoms with Gasteiger partial charge in [0.2, 0.25) is 0 Å². The Labute approximate surface area is 121 Å². The Morgan fingerprint density at radius 2 is 1.84 bits per heavy atom. The fourth-order valence-electron chi connectivity index (χ4n) is 3.17. The van der Waals surface area contributed by atoms with Crippen LogP contribution in [0.2, 0.25) is 0 Å². The highest BCUT2D eigenvalue weighted by molar-refractivity contribution is 9.10. The van der Waals surface area contributed by atoms with Crippen LogP contribution in [0, 0.1) is 13.8 Å². The number of aryl methyl sites for hydroxylation is 1. The lowest BCUT2D eigenvalue weighted by molar-refractivity contribution is -0.145. The molecule has 0 unspecified atom stereocenters. The third kappa shape index (κ3) is 2.27. The van der Waals surface area contributed by atoms with Crippen molar-refractivity contribution >= 4 is 21.9 Å². The van der Waals surface area contributed by atoms with Crippen LogP contribution in [0.25, 0.3) is 0 Å². The Balaban J connectivity index is 2.70. The minimum atomic E-state index is -0.930. The predicted octanol–water partition coefficient (Wildman–Crippen LogP) is 4.06. The van der Waals surface area contributed by atoms with Crippen molar-refractivity contribution in [1.82, 2.24) is 0 Å². The van der Waals surface area contributed by atoms with Crippen LogP contribution < -0.4 is 0 Å². The molecule has 3 nitrogen and oxygen atoms in total. The number of carbonyl (C=O) groups is 1. The van der Waals surface area contributed by atoms with Crippen LogP contribution in [0.3, 0.4) is 0 Å². The molecule has 2 rings (SSSR count). The van der Waals surface area contributed by atoms with Crippen molar-refractivity contribution < 1.29 is 15.0 Å². The van der Waals surface area contributed by atoms with Crippen LogP contribution in [-0.4, -0.2) is 16.2 Å². The maximum Gasteiger partial charge on any atom is 0.314 e. The molecule has 0 amide bonds. The number of phenols is 1. The zero-order valence-electron chi connectivity index (χ0n) is 11.3. The van der Waals surface area contributed by atoms with Crippen molar-refractivity contribution in [3.8, 4) is 5.75 Å². The van der Waals surface area contributed by atoms with Gasteiger partial charge in [0.1, 0.15) is 5.75 Å². The van der Waals surface area contributed by atoms with E-state index in [0.717, 1.165) is 30.4 Å². The number of halogens is 1. The van der Waals surface area contributed by atoms with Crippen LogP contribution in [0.4, 0.5) is 0 Å². The molecule has 0 spiro atoms. The van der Waals surface area contributed by atoms with E-state index in [4.69, 9.17) is 0 Å². The molecule has 0 bridgehead atoms. The summed E-state index contributed by atoms with van der Waals surface area (Å²) in [5.74, 6) is -0.726. The SMILES string of the molecule is Cc1cc(Br)c(O)c(C2(C(=O)O)CCCCC2)c1C. The maximum atomic E-state index is 11.9. The van der Waals surface area contributed by atoms with Gasteiger partial charge < -0.3 is 10.2 Å². The summed E-state index contributed by atoms with van der Waals surface area (Å²) < 4.78 is 0.580. The average molecular weight is 327 g/mol. The van der Waals surface area contributed by atoms with Crippen molar-refractivity contribution in [1.29, 1.82) is 0 Å². The third-order valence-corrected chi connectivity index (χ3v) is 4.97. The molecule has 19 heavy (non-hydrogen) atoms. The number of aromatic hydroxyl groups is 1. The minimum Gasteiger partial charge on any atom is -0.506 e. The number of hydrogen-bond donors (Lipinski definition) is 2. The second-order valence-electron chi connectivity index (χ2n) is 5.47. The summed E-state index contributed by atoms with van der Waals surface area (Å²) in [6.07, 6.45) is 4.08. The molecule has 0 heterocycles. The van der Waals surface area contributed by atoms with E-state index in [1.165, 1.54) is 0 Å². The van der Waals surface area contributed by atoms with Crippen LogP contribution in [0.5, 0.6) is 5.75 Å². The first-order valence-electron chi connectivity index (χ1n) is 6.62. The highest BCUT2D eigenvalue weighted by Crippen LogP contribution is 2.47. The molecule has 0 radical (unpaired) electrons. The topological polar surface area (TPSA) is 57.5 Å². The molecular formula is C15H19BrO3. The largest absolute Gasteiger partial charge is 0.506 e. The van der Waals surface area contributed by atoms with Gasteiger partial charge in [0.15, 0.2) is 0 Å².